The molecule has 1 aliphatic carbocycles. The number of Topliss-reactive ketones (excluding diaryl/α,β-unsaturated/α-hetero) is 1. The van der Waals surface area contributed by atoms with Crippen LogP contribution in [0.3, 0.4) is 0 Å². The van der Waals surface area contributed by atoms with Crippen LogP contribution in [0.1, 0.15) is 58.3 Å². The van der Waals surface area contributed by atoms with Crippen molar-refractivity contribution < 1.29 is 14.3 Å². The third-order valence-electron chi connectivity index (χ3n) is 3.13. The van der Waals surface area contributed by atoms with Gasteiger partial charge in [0.2, 0.25) is 0 Å². The van der Waals surface area contributed by atoms with Crippen LogP contribution in [0.4, 0.5) is 0 Å². The van der Waals surface area contributed by atoms with Gasteiger partial charge in [0.05, 0.1) is 6.61 Å². The van der Waals surface area contributed by atoms with Gasteiger partial charge in [0.25, 0.3) is 0 Å². The minimum atomic E-state index is -0.488. The van der Waals surface area contributed by atoms with E-state index >= 15 is 0 Å². The Bertz CT molecular complexity index is 235. The first-order valence-corrected chi connectivity index (χ1v) is 6.45. The molecule has 3 nitrogen and oxygen atoms in total. The van der Waals surface area contributed by atoms with Gasteiger partial charge in [-0.3, -0.25) is 9.59 Å². The lowest BCUT2D eigenvalue weighted by Crippen LogP contribution is -2.26. The summed E-state index contributed by atoms with van der Waals surface area (Å²) in [5.74, 6) is -0.716. The molecule has 1 fully saturated rings. The quantitative estimate of drug-likeness (QED) is 0.537. The summed E-state index contributed by atoms with van der Waals surface area (Å²) in [5.41, 5.74) is 0. The van der Waals surface area contributed by atoms with Crippen LogP contribution in [0.5, 0.6) is 0 Å². The average molecular weight is 226 g/mol. The van der Waals surface area contributed by atoms with Crippen LogP contribution in [0.2, 0.25) is 0 Å². The molecular formula is C13H22O3. The molecule has 0 aromatic heterocycles. The van der Waals surface area contributed by atoms with E-state index in [-0.39, 0.29) is 11.8 Å². The summed E-state index contributed by atoms with van der Waals surface area (Å²) in [6, 6.07) is 0. The second-order valence-corrected chi connectivity index (χ2v) is 4.43. The smallest absolute Gasteiger partial charge is 0.316 e. The van der Waals surface area contributed by atoms with Gasteiger partial charge in [0.15, 0.2) is 0 Å². The fourth-order valence-electron chi connectivity index (χ4n) is 2.18. The van der Waals surface area contributed by atoms with E-state index in [0.29, 0.717) is 19.4 Å². The van der Waals surface area contributed by atoms with Crippen molar-refractivity contribution in [2.24, 2.45) is 5.92 Å². The van der Waals surface area contributed by atoms with E-state index < -0.39 is 5.92 Å². The van der Waals surface area contributed by atoms with Crippen molar-refractivity contribution in [3.63, 3.8) is 0 Å². The Kier molecular flexibility index (Phi) is 6.12. The molecule has 92 valence electrons. The lowest BCUT2D eigenvalue weighted by atomic mass is 9.91. The Balaban J connectivity index is 2.53. The molecule has 16 heavy (non-hydrogen) atoms. The lowest BCUT2D eigenvalue weighted by molar-refractivity contribution is -0.152. The predicted molar refractivity (Wildman–Crippen MR) is 62.1 cm³/mol. The van der Waals surface area contributed by atoms with Crippen molar-refractivity contribution in [1.82, 2.24) is 0 Å². The molecule has 0 aromatic rings. The van der Waals surface area contributed by atoms with Crippen molar-refractivity contribution in [2.75, 3.05) is 6.61 Å². The zero-order valence-electron chi connectivity index (χ0n) is 10.2. The number of hydrogen-bond acceptors (Lipinski definition) is 3. The van der Waals surface area contributed by atoms with E-state index in [2.05, 4.69) is 0 Å². The topological polar surface area (TPSA) is 43.4 Å². The van der Waals surface area contributed by atoms with E-state index in [1.54, 1.807) is 6.92 Å². The van der Waals surface area contributed by atoms with Gasteiger partial charge in [-0.1, -0.05) is 32.1 Å². The van der Waals surface area contributed by atoms with E-state index in [0.717, 1.165) is 25.7 Å². The summed E-state index contributed by atoms with van der Waals surface area (Å²) in [5, 5.41) is 0. The number of ketones is 1. The molecule has 3 heteroatoms. The van der Waals surface area contributed by atoms with Gasteiger partial charge >= 0.3 is 5.97 Å². The number of hydrogen-bond donors (Lipinski definition) is 0. The number of esters is 1. The molecule has 0 spiro atoms. The van der Waals surface area contributed by atoms with Crippen LogP contribution in [-0.2, 0) is 14.3 Å². The summed E-state index contributed by atoms with van der Waals surface area (Å²) in [6.45, 7) is 2.14. The third-order valence-corrected chi connectivity index (χ3v) is 3.13. The first kappa shape index (κ1) is 13.2. The van der Waals surface area contributed by atoms with Crippen molar-refractivity contribution in [3.8, 4) is 0 Å². The van der Waals surface area contributed by atoms with Crippen LogP contribution in [0.25, 0.3) is 0 Å². The standard InChI is InChI=1S/C13H22O3/c1-2-16-13(15)11-9-7-5-3-4-6-8-10-12(11)14/h11H,2-10H2,1H3/t11-/m0/s1. The minimum absolute atomic E-state index is 0.0837. The maximum absolute atomic E-state index is 11.8. The highest BCUT2D eigenvalue weighted by Gasteiger charge is 2.26. The highest BCUT2D eigenvalue weighted by atomic mass is 16.5. The summed E-state index contributed by atoms with van der Waals surface area (Å²) >= 11 is 0. The van der Waals surface area contributed by atoms with Gasteiger partial charge in [-0.05, 0) is 19.8 Å². The molecule has 0 saturated heterocycles. The molecule has 1 rings (SSSR count). The van der Waals surface area contributed by atoms with E-state index in [1.165, 1.54) is 12.8 Å². The Morgan fingerprint density at radius 3 is 2.50 bits per heavy atom. The zero-order valence-corrected chi connectivity index (χ0v) is 10.2. The Morgan fingerprint density at radius 2 is 1.81 bits per heavy atom. The fourth-order valence-corrected chi connectivity index (χ4v) is 2.18. The molecule has 1 saturated carbocycles. The number of carbonyl (C=O) groups excluding carboxylic acids is 2. The van der Waals surface area contributed by atoms with Crippen LogP contribution in [-0.4, -0.2) is 18.4 Å². The molecule has 0 unspecified atom stereocenters. The largest absolute Gasteiger partial charge is 0.465 e. The molecule has 1 atom stereocenters. The van der Waals surface area contributed by atoms with Gasteiger partial charge in [0.1, 0.15) is 11.7 Å². The normalized spacial score (nSPS) is 23.8. The molecular weight excluding hydrogens is 204 g/mol. The zero-order chi connectivity index (χ0) is 11.8. The fraction of sp³-hybridized carbons (Fsp3) is 0.846. The highest BCUT2D eigenvalue weighted by Crippen LogP contribution is 2.20. The number of rotatable bonds is 2. The monoisotopic (exact) mass is 226 g/mol. The molecule has 0 radical (unpaired) electrons. The Labute approximate surface area is 97.5 Å². The molecule has 0 heterocycles. The predicted octanol–water partition coefficient (Wildman–Crippen LogP) is 2.87. The van der Waals surface area contributed by atoms with Crippen LogP contribution in [0, 0.1) is 5.92 Å². The van der Waals surface area contributed by atoms with Crippen molar-refractivity contribution in [1.29, 1.82) is 0 Å². The van der Waals surface area contributed by atoms with Gasteiger partial charge in [0, 0.05) is 6.42 Å². The Hall–Kier alpha value is -0.860. The van der Waals surface area contributed by atoms with Crippen molar-refractivity contribution in [2.45, 2.75) is 58.3 Å². The molecule has 0 bridgehead atoms. The van der Waals surface area contributed by atoms with Crippen LogP contribution in [0.15, 0.2) is 0 Å². The summed E-state index contributed by atoms with van der Waals surface area (Å²) in [7, 11) is 0. The number of ether oxygens (including phenoxy) is 1. The molecule has 0 aliphatic heterocycles. The Morgan fingerprint density at radius 1 is 1.19 bits per heavy atom. The first-order valence-electron chi connectivity index (χ1n) is 6.45. The molecule has 1 aliphatic rings. The maximum Gasteiger partial charge on any atom is 0.316 e. The van der Waals surface area contributed by atoms with Gasteiger partial charge < -0.3 is 4.74 Å². The SMILES string of the molecule is CCOC(=O)[C@H]1CCCCCCCCC1=O. The minimum Gasteiger partial charge on any atom is -0.465 e. The number of carbonyl (C=O) groups is 2. The lowest BCUT2D eigenvalue weighted by Gasteiger charge is -2.15. The van der Waals surface area contributed by atoms with E-state index in [1.807, 2.05) is 0 Å². The van der Waals surface area contributed by atoms with E-state index in [9.17, 15) is 9.59 Å². The van der Waals surface area contributed by atoms with Gasteiger partial charge in [-0.25, -0.2) is 0 Å². The summed E-state index contributed by atoms with van der Waals surface area (Å²) in [4.78, 5) is 23.5. The second-order valence-electron chi connectivity index (χ2n) is 4.43. The second kappa shape index (κ2) is 7.42. The molecule has 0 amide bonds. The summed E-state index contributed by atoms with van der Waals surface area (Å²) < 4.78 is 4.96. The highest BCUT2D eigenvalue weighted by molar-refractivity contribution is 5.98. The summed E-state index contributed by atoms with van der Waals surface area (Å²) in [6.07, 6.45) is 7.80. The van der Waals surface area contributed by atoms with Gasteiger partial charge in [-0.15, -0.1) is 0 Å². The average Bonchev–Trinajstić information content (AvgIpc) is 2.27. The van der Waals surface area contributed by atoms with Crippen LogP contribution < -0.4 is 0 Å². The molecule has 0 N–H and O–H groups in total. The van der Waals surface area contributed by atoms with E-state index in [4.69, 9.17) is 4.74 Å². The van der Waals surface area contributed by atoms with Gasteiger partial charge in [-0.2, -0.15) is 0 Å². The first-order chi connectivity index (χ1) is 7.75. The maximum atomic E-state index is 11.8. The van der Waals surface area contributed by atoms with Crippen molar-refractivity contribution >= 4 is 11.8 Å². The van der Waals surface area contributed by atoms with Crippen molar-refractivity contribution in [3.05, 3.63) is 0 Å². The van der Waals surface area contributed by atoms with Crippen LogP contribution >= 0.6 is 0 Å². The third kappa shape index (κ3) is 4.33. The molecule has 0 aromatic carbocycles.